The van der Waals surface area contributed by atoms with Crippen molar-refractivity contribution in [3.8, 4) is 5.75 Å². The molecule has 0 spiro atoms. The molecule has 0 aliphatic heterocycles. The highest BCUT2D eigenvalue weighted by Crippen LogP contribution is 2.22. The van der Waals surface area contributed by atoms with Crippen molar-refractivity contribution in [2.24, 2.45) is 0 Å². The average Bonchev–Trinajstić information content (AvgIpc) is 2.53. The lowest BCUT2D eigenvalue weighted by Crippen LogP contribution is -2.13. The SMILES string of the molecule is CCc1cccc(CC)c1NCCOc1ccc(Br)cc1. The Kier molecular flexibility index (Phi) is 6.12. The van der Waals surface area contributed by atoms with Crippen molar-refractivity contribution in [3.05, 3.63) is 58.1 Å². The molecule has 0 radical (unpaired) electrons. The Morgan fingerprint density at radius 3 is 2.14 bits per heavy atom. The third-order valence-corrected chi connectivity index (χ3v) is 4.01. The monoisotopic (exact) mass is 347 g/mol. The summed E-state index contributed by atoms with van der Waals surface area (Å²) in [6, 6.07) is 14.5. The lowest BCUT2D eigenvalue weighted by Gasteiger charge is -2.15. The maximum Gasteiger partial charge on any atom is 0.119 e. The number of hydrogen-bond donors (Lipinski definition) is 1. The molecule has 0 aromatic heterocycles. The van der Waals surface area contributed by atoms with Gasteiger partial charge in [-0.25, -0.2) is 0 Å². The van der Waals surface area contributed by atoms with Crippen molar-refractivity contribution in [1.29, 1.82) is 0 Å². The molecule has 0 bridgehead atoms. The Hall–Kier alpha value is -1.48. The molecule has 0 unspecified atom stereocenters. The van der Waals surface area contributed by atoms with Crippen LogP contribution in [-0.2, 0) is 12.8 Å². The first-order valence-corrected chi connectivity index (χ1v) is 8.27. The van der Waals surface area contributed by atoms with Gasteiger partial charge in [0.15, 0.2) is 0 Å². The van der Waals surface area contributed by atoms with Crippen LogP contribution in [0.5, 0.6) is 5.75 Å². The number of nitrogens with one attached hydrogen (secondary N) is 1. The quantitative estimate of drug-likeness (QED) is 0.706. The van der Waals surface area contributed by atoms with Crippen molar-refractivity contribution in [2.75, 3.05) is 18.5 Å². The number of anilines is 1. The van der Waals surface area contributed by atoms with E-state index in [2.05, 4.69) is 53.3 Å². The molecule has 0 saturated carbocycles. The molecule has 0 heterocycles. The van der Waals surface area contributed by atoms with E-state index in [1.807, 2.05) is 24.3 Å². The van der Waals surface area contributed by atoms with Crippen LogP contribution in [0.15, 0.2) is 46.9 Å². The summed E-state index contributed by atoms with van der Waals surface area (Å²) in [5.74, 6) is 0.902. The second-order valence-corrected chi connectivity index (χ2v) is 5.80. The fraction of sp³-hybridized carbons (Fsp3) is 0.333. The van der Waals surface area contributed by atoms with Crippen molar-refractivity contribution < 1.29 is 4.74 Å². The van der Waals surface area contributed by atoms with Crippen molar-refractivity contribution in [3.63, 3.8) is 0 Å². The number of hydrogen-bond acceptors (Lipinski definition) is 2. The second kappa shape index (κ2) is 8.08. The van der Waals surface area contributed by atoms with Crippen LogP contribution in [0.1, 0.15) is 25.0 Å². The molecular formula is C18H22BrNO. The summed E-state index contributed by atoms with van der Waals surface area (Å²) < 4.78 is 6.81. The van der Waals surface area contributed by atoms with E-state index in [0.717, 1.165) is 29.6 Å². The van der Waals surface area contributed by atoms with Crippen molar-refractivity contribution in [2.45, 2.75) is 26.7 Å². The van der Waals surface area contributed by atoms with Gasteiger partial charge in [0.2, 0.25) is 0 Å². The molecule has 0 amide bonds. The van der Waals surface area contributed by atoms with E-state index < -0.39 is 0 Å². The Bertz CT molecular complexity index is 544. The van der Waals surface area contributed by atoms with Crippen molar-refractivity contribution >= 4 is 21.6 Å². The Morgan fingerprint density at radius 1 is 0.952 bits per heavy atom. The Balaban J connectivity index is 1.90. The second-order valence-electron chi connectivity index (χ2n) is 4.89. The van der Waals surface area contributed by atoms with E-state index in [9.17, 15) is 0 Å². The van der Waals surface area contributed by atoms with Gasteiger partial charge in [0.05, 0.1) is 0 Å². The fourth-order valence-corrected chi connectivity index (χ4v) is 2.61. The molecule has 1 N–H and O–H groups in total. The van der Waals surface area contributed by atoms with E-state index >= 15 is 0 Å². The highest BCUT2D eigenvalue weighted by Gasteiger charge is 2.05. The molecule has 0 aliphatic rings. The van der Waals surface area contributed by atoms with Gasteiger partial charge in [-0.3, -0.25) is 0 Å². The third-order valence-electron chi connectivity index (χ3n) is 3.49. The molecule has 3 heteroatoms. The summed E-state index contributed by atoms with van der Waals surface area (Å²) in [5, 5.41) is 3.53. The summed E-state index contributed by atoms with van der Waals surface area (Å²) in [6.07, 6.45) is 2.09. The van der Waals surface area contributed by atoms with Gasteiger partial charge in [-0.1, -0.05) is 48.0 Å². The minimum Gasteiger partial charge on any atom is -0.492 e. The first kappa shape index (κ1) is 15.9. The number of rotatable bonds is 7. The number of benzene rings is 2. The predicted molar refractivity (Wildman–Crippen MR) is 93.3 cm³/mol. The van der Waals surface area contributed by atoms with Gasteiger partial charge in [0.1, 0.15) is 12.4 Å². The van der Waals surface area contributed by atoms with E-state index in [1.165, 1.54) is 16.8 Å². The standard InChI is InChI=1S/C18H22BrNO/c1-3-14-6-5-7-15(4-2)18(14)20-12-13-21-17-10-8-16(19)9-11-17/h5-11,20H,3-4,12-13H2,1-2H3. The highest BCUT2D eigenvalue weighted by molar-refractivity contribution is 9.10. The van der Waals surface area contributed by atoms with Gasteiger partial charge in [-0.05, 0) is 48.2 Å². The van der Waals surface area contributed by atoms with Crippen LogP contribution in [0, 0.1) is 0 Å². The molecule has 0 atom stereocenters. The van der Waals surface area contributed by atoms with Crippen LogP contribution in [0.3, 0.4) is 0 Å². The summed E-state index contributed by atoms with van der Waals surface area (Å²) >= 11 is 3.42. The van der Waals surface area contributed by atoms with Crippen LogP contribution >= 0.6 is 15.9 Å². The zero-order chi connectivity index (χ0) is 15.1. The molecule has 0 aliphatic carbocycles. The van der Waals surface area contributed by atoms with Gasteiger partial charge in [-0.15, -0.1) is 0 Å². The topological polar surface area (TPSA) is 21.3 Å². The van der Waals surface area contributed by atoms with Gasteiger partial charge < -0.3 is 10.1 Å². The van der Waals surface area contributed by atoms with E-state index in [-0.39, 0.29) is 0 Å². The molecule has 2 nitrogen and oxygen atoms in total. The lowest BCUT2D eigenvalue weighted by atomic mass is 10.0. The van der Waals surface area contributed by atoms with Gasteiger partial charge in [0.25, 0.3) is 0 Å². The number of aryl methyl sites for hydroxylation is 2. The highest BCUT2D eigenvalue weighted by atomic mass is 79.9. The molecule has 0 saturated heterocycles. The smallest absolute Gasteiger partial charge is 0.119 e. The lowest BCUT2D eigenvalue weighted by molar-refractivity contribution is 0.333. The average molecular weight is 348 g/mol. The van der Waals surface area contributed by atoms with Gasteiger partial charge >= 0.3 is 0 Å². The van der Waals surface area contributed by atoms with E-state index in [4.69, 9.17) is 4.74 Å². The number of ether oxygens (including phenoxy) is 1. The fourth-order valence-electron chi connectivity index (χ4n) is 2.35. The number of para-hydroxylation sites is 1. The van der Waals surface area contributed by atoms with Gasteiger partial charge in [-0.2, -0.15) is 0 Å². The first-order chi connectivity index (χ1) is 10.2. The minimum absolute atomic E-state index is 0.656. The van der Waals surface area contributed by atoms with Crippen LogP contribution in [0.4, 0.5) is 5.69 Å². The third kappa shape index (κ3) is 4.50. The normalized spacial score (nSPS) is 10.4. The minimum atomic E-state index is 0.656. The van der Waals surface area contributed by atoms with Crippen LogP contribution < -0.4 is 10.1 Å². The molecule has 2 rings (SSSR count). The first-order valence-electron chi connectivity index (χ1n) is 7.47. The maximum absolute atomic E-state index is 5.75. The number of halogens is 1. The summed E-state index contributed by atoms with van der Waals surface area (Å²) in [6.45, 7) is 5.85. The Morgan fingerprint density at radius 2 is 1.57 bits per heavy atom. The molecule has 112 valence electrons. The molecule has 2 aromatic rings. The summed E-state index contributed by atoms with van der Waals surface area (Å²) in [5.41, 5.74) is 4.03. The summed E-state index contributed by atoms with van der Waals surface area (Å²) in [4.78, 5) is 0. The molecular weight excluding hydrogens is 326 g/mol. The summed E-state index contributed by atoms with van der Waals surface area (Å²) in [7, 11) is 0. The zero-order valence-electron chi connectivity index (χ0n) is 12.7. The Labute approximate surface area is 135 Å². The zero-order valence-corrected chi connectivity index (χ0v) is 14.2. The van der Waals surface area contributed by atoms with Crippen LogP contribution in [0.2, 0.25) is 0 Å². The van der Waals surface area contributed by atoms with Gasteiger partial charge in [0, 0.05) is 16.7 Å². The van der Waals surface area contributed by atoms with Crippen LogP contribution in [-0.4, -0.2) is 13.2 Å². The van der Waals surface area contributed by atoms with Crippen LogP contribution in [0.25, 0.3) is 0 Å². The van der Waals surface area contributed by atoms with E-state index in [0.29, 0.717) is 6.61 Å². The van der Waals surface area contributed by atoms with E-state index in [1.54, 1.807) is 0 Å². The molecule has 21 heavy (non-hydrogen) atoms. The molecule has 2 aromatic carbocycles. The predicted octanol–water partition coefficient (Wildman–Crippen LogP) is 5.06. The largest absolute Gasteiger partial charge is 0.492 e. The maximum atomic E-state index is 5.75. The van der Waals surface area contributed by atoms with Crippen molar-refractivity contribution in [1.82, 2.24) is 0 Å². The molecule has 0 fully saturated rings.